The summed E-state index contributed by atoms with van der Waals surface area (Å²) in [6.07, 6.45) is 0.913. The van der Waals surface area contributed by atoms with Crippen molar-refractivity contribution >= 4 is 17.5 Å². The van der Waals surface area contributed by atoms with Gasteiger partial charge in [-0.15, -0.1) is 0 Å². The first-order valence-corrected chi connectivity index (χ1v) is 9.19. The number of hydrogen-bond donors (Lipinski definition) is 2. The van der Waals surface area contributed by atoms with Gasteiger partial charge in [-0.05, 0) is 18.9 Å². The van der Waals surface area contributed by atoms with Crippen molar-refractivity contribution in [2.45, 2.75) is 13.3 Å². The summed E-state index contributed by atoms with van der Waals surface area (Å²) in [6, 6.07) is 24.0. The third kappa shape index (κ3) is 4.54. The van der Waals surface area contributed by atoms with Gasteiger partial charge in [0.25, 0.3) is 0 Å². The minimum atomic E-state index is 0.616. The predicted molar refractivity (Wildman–Crippen MR) is 111 cm³/mol. The number of benzene rings is 2. The average Bonchev–Trinajstić information content (AvgIpc) is 3.14. The summed E-state index contributed by atoms with van der Waals surface area (Å²) >= 11 is 0. The summed E-state index contributed by atoms with van der Waals surface area (Å²) in [5.74, 6) is 3.41. The van der Waals surface area contributed by atoms with Gasteiger partial charge in [-0.1, -0.05) is 65.8 Å². The minimum absolute atomic E-state index is 0.616. The van der Waals surface area contributed by atoms with E-state index in [0.29, 0.717) is 17.5 Å². The van der Waals surface area contributed by atoms with Crippen LogP contribution in [-0.2, 0) is 6.42 Å². The molecule has 28 heavy (non-hydrogen) atoms. The zero-order chi connectivity index (χ0) is 19.2. The first kappa shape index (κ1) is 17.7. The van der Waals surface area contributed by atoms with Crippen molar-refractivity contribution in [3.8, 4) is 11.4 Å². The number of rotatable bonds is 7. The lowest BCUT2D eigenvalue weighted by Gasteiger charge is -2.11. The van der Waals surface area contributed by atoms with E-state index in [2.05, 4.69) is 50.0 Å². The predicted octanol–water partition coefficient (Wildman–Crippen LogP) is 4.84. The largest absolute Gasteiger partial charge is 0.370 e. The third-order valence-corrected chi connectivity index (χ3v) is 4.20. The number of aromatic nitrogens is 3. The lowest BCUT2D eigenvalue weighted by molar-refractivity contribution is 0.400. The molecule has 0 fully saturated rings. The van der Waals surface area contributed by atoms with E-state index in [9.17, 15) is 0 Å². The summed E-state index contributed by atoms with van der Waals surface area (Å²) in [4.78, 5) is 9.31. The number of nitrogens with one attached hydrogen (secondary N) is 2. The van der Waals surface area contributed by atoms with Gasteiger partial charge in [0.05, 0.1) is 0 Å². The molecule has 0 bridgehead atoms. The van der Waals surface area contributed by atoms with Crippen LogP contribution in [0, 0.1) is 6.92 Å². The number of hydrogen-bond acceptors (Lipinski definition) is 6. The van der Waals surface area contributed by atoms with Crippen LogP contribution in [0.5, 0.6) is 0 Å². The van der Waals surface area contributed by atoms with E-state index >= 15 is 0 Å². The van der Waals surface area contributed by atoms with E-state index in [1.54, 1.807) is 0 Å². The Bertz CT molecular complexity index is 1030. The molecule has 0 saturated carbocycles. The van der Waals surface area contributed by atoms with E-state index in [-0.39, 0.29) is 0 Å². The smallest absolute Gasteiger partial charge is 0.175 e. The molecule has 140 valence electrons. The van der Waals surface area contributed by atoms with Gasteiger partial charge in [-0.2, -0.15) is 0 Å². The van der Waals surface area contributed by atoms with Crippen molar-refractivity contribution in [1.82, 2.24) is 15.1 Å². The van der Waals surface area contributed by atoms with Gasteiger partial charge in [0.2, 0.25) is 0 Å². The molecule has 0 aliphatic carbocycles. The van der Waals surface area contributed by atoms with Crippen LogP contribution >= 0.6 is 0 Å². The van der Waals surface area contributed by atoms with Crippen LogP contribution in [0.4, 0.5) is 17.5 Å². The summed E-state index contributed by atoms with van der Waals surface area (Å²) in [6.45, 7) is 2.63. The molecular formula is C22H21N5O. The third-order valence-electron chi connectivity index (χ3n) is 4.20. The van der Waals surface area contributed by atoms with E-state index in [1.165, 1.54) is 5.56 Å². The molecule has 0 spiro atoms. The molecule has 2 aromatic heterocycles. The summed E-state index contributed by atoms with van der Waals surface area (Å²) in [7, 11) is 0. The highest BCUT2D eigenvalue weighted by Crippen LogP contribution is 2.22. The Morgan fingerprint density at radius 1 is 0.821 bits per heavy atom. The quantitative estimate of drug-likeness (QED) is 0.484. The topological polar surface area (TPSA) is 75.9 Å². The fourth-order valence-corrected chi connectivity index (χ4v) is 2.85. The van der Waals surface area contributed by atoms with Gasteiger partial charge in [0.1, 0.15) is 17.4 Å². The maximum absolute atomic E-state index is 5.12. The highest BCUT2D eigenvalue weighted by atomic mass is 16.5. The van der Waals surface area contributed by atoms with Gasteiger partial charge in [-0.25, -0.2) is 9.97 Å². The van der Waals surface area contributed by atoms with Crippen molar-refractivity contribution in [1.29, 1.82) is 0 Å². The highest BCUT2D eigenvalue weighted by Gasteiger charge is 2.09. The second-order valence-electron chi connectivity index (χ2n) is 6.44. The maximum atomic E-state index is 5.12. The van der Waals surface area contributed by atoms with Crippen molar-refractivity contribution in [3.63, 3.8) is 0 Å². The van der Waals surface area contributed by atoms with Gasteiger partial charge in [0, 0.05) is 24.2 Å². The van der Waals surface area contributed by atoms with Gasteiger partial charge >= 0.3 is 0 Å². The normalized spacial score (nSPS) is 10.6. The fraction of sp³-hybridized carbons (Fsp3) is 0.136. The Morgan fingerprint density at radius 2 is 1.54 bits per heavy atom. The van der Waals surface area contributed by atoms with Crippen LogP contribution in [0.1, 0.15) is 11.3 Å². The van der Waals surface area contributed by atoms with Crippen molar-refractivity contribution < 1.29 is 4.52 Å². The van der Waals surface area contributed by atoms with Gasteiger partial charge < -0.3 is 15.2 Å². The molecular weight excluding hydrogens is 350 g/mol. The molecule has 0 unspecified atom stereocenters. The van der Waals surface area contributed by atoms with Crippen molar-refractivity contribution in [2.24, 2.45) is 0 Å². The fourth-order valence-electron chi connectivity index (χ4n) is 2.85. The molecule has 0 saturated heterocycles. The SMILES string of the molecule is Cc1cc(Nc2cc(NCCc3ccccc3)nc(-c3ccccc3)n2)no1. The average molecular weight is 371 g/mol. The number of aryl methyl sites for hydroxylation is 1. The van der Waals surface area contributed by atoms with Gasteiger partial charge in [-0.3, -0.25) is 0 Å². The monoisotopic (exact) mass is 371 g/mol. The van der Waals surface area contributed by atoms with Crippen LogP contribution in [0.25, 0.3) is 11.4 Å². The first-order chi connectivity index (χ1) is 13.8. The Balaban J connectivity index is 1.56. The molecule has 0 aliphatic rings. The van der Waals surface area contributed by atoms with E-state index in [1.807, 2.05) is 55.5 Å². The number of anilines is 3. The highest BCUT2D eigenvalue weighted by molar-refractivity contribution is 5.63. The van der Waals surface area contributed by atoms with Crippen molar-refractivity contribution in [3.05, 3.63) is 84.1 Å². The molecule has 6 heteroatoms. The molecule has 6 nitrogen and oxygen atoms in total. The molecule has 4 rings (SSSR count). The molecule has 2 heterocycles. The maximum Gasteiger partial charge on any atom is 0.175 e. The molecule has 4 aromatic rings. The molecule has 0 amide bonds. The Labute approximate surface area is 163 Å². The van der Waals surface area contributed by atoms with Crippen LogP contribution in [0.3, 0.4) is 0 Å². The van der Waals surface area contributed by atoms with Crippen molar-refractivity contribution in [2.75, 3.05) is 17.2 Å². The Hall–Kier alpha value is -3.67. The molecule has 0 atom stereocenters. The van der Waals surface area contributed by atoms with Gasteiger partial charge in [0.15, 0.2) is 11.6 Å². The number of nitrogens with zero attached hydrogens (tertiary/aromatic N) is 3. The molecule has 2 aromatic carbocycles. The summed E-state index contributed by atoms with van der Waals surface area (Å²) in [5, 5.41) is 10.6. The van der Waals surface area contributed by atoms with Crippen LogP contribution in [0.15, 0.2) is 77.3 Å². The van der Waals surface area contributed by atoms with Crippen LogP contribution in [0.2, 0.25) is 0 Å². The zero-order valence-electron chi connectivity index (χ0n) is 15.6. The minimum Gasteiger partial charge on any atom is -0.370 e. The molecule has 0 radical (unpaired) electrons. The first-order valence-electron chi connectivity index (χ1n) is 9.19. The Kier molecular flexibility index (Phi) is 5.29. The lowest BCUT2D eigenvalue weighted by atomic mass is 10.1. The second-order valence-corrected chi connectivity index (χ2v) is 6.44. The molecule has 0 aliphatic heterocycles. The lowest BCUT2D eigenvalue weighted by Crippen LogP contribution is -2.08. The van der Waals surface area contributed by atoms with Crippen LogP contribution in [-0.4, -0.2) is 21.7 Å². The Morgan fingerprint density at radius 3 is 2.25 bits per heavy atom. The standard InChI is InChI=1S/C22H21N5O/c1-16-14-21(27-28-16)24-20-15-19(23-13-12-17-8-4-2-5-9-17)25-22(26-20)18-10-6-3-7-11-18/h2-11,14-15H,12-13H2,1H3,(H2,23,24,25,26,27). The van der Waals surface area contributed by atoms with Crippen LogP contribution < -0.4 is 10.6 Å². The molecule has 2 N–H and O–H groups in total. The summed E-state index contributed by atoms with van der Waals surface area (Å²) < 4.78 is 5.12. The van der Waals surface area contributed by atoms with E-state index in [0.717, 1.165) is 30.1 Å². The zero-order valence-corrected chi connectivity index (χ0v) is 15.6. The second kappa shape index (κ2) is 8.35. The summed E-state index contributed by atoms with van der Waals surface area (Å²) in [5.41, 5.74) is 2.23. The van der Waals surface area contributed by atoms with E-state index < -0.39 is 0 Å². The van der Waals surface area contributed by atoms with E-state index in [4.69, 9.17) is 4.52 Å².